The van der Waals surface area contributed by atoms with Gasteiger partial charge in [0.15, 0.2) is 5.82 Å². The molecular formula is C13H13Cl2N5S. The van der Waals surface area contributed by atoms with Crippen molar-refractivity contribution in [2.75, 3.05) is 35.2 Å². The summed E-state index contributed by atoms with van der Waals surface area (Å²) >= 11 is 14.1. The van der Waals surface area contributed by atoms with Crippen LogP contribution in [0.15, 0.2) is 18.2 Å². The zero-order chi connectivity index (χ0) is 14.8. The second kappa shape index (κ2) is 6.25. The molecule has 21 heavy (non-hydrogen) atoms. The predicted molar refractivity (Wildman–Crippen MR) is 89.2 cm³/mol. The number of anilines is 2. The van der Waals surface area contributed by atoms with Crippen molar-refractivity contribution >= 4 is 46.9 Å². The number of thioether (sulfide) groups is 1. The summed E-state index contributed by atoms with van der Waals surface area (Å²) in [5.41, 5.74) is 6.48. The molecule has 0 unspecified atom stereocenters. The standard InChI is InChI=1S/C13H13Cl2N5S/c14-8-1-2-10(15)9(7-8)11-17-12(16)19-13(18-11)20-3-5-21-6-4-20/h1-2,7H,3-6H2,(H2,16,17,18,19). The number of hydrogen-bond acceptors (Lipinski definition) is 6. The Morgan fingerprint density at radius 2 is 1.86 bits per heavy atom. The lowest BCUT2D eigenvalue weighted by Crippen LogP contribution is -2.34. The zero-order valence-corrected chi connectivity index (χ0v) is 13.4. The van der Waals surface area contributed by atoms with Crippen LogP contribution in [0.1, 0.15) is 0 Å². The molecular weight excluding hydrogens is 329 g/mol. The highest BCUT2D eigenvalue weighted by Crippen LogP contribution is 2.29. The highest BCUT2D eigenvalue weighted by Gasteiger charge is 2.17. The van der Waals surface area contributed by atoms with E-state index in [4.69, 9.17) is 28.9 Å². The third kappa shape index (κ3) is 3.33. The third-order valence-corrected chi connectivity index (χ3v) is 4.61. The molecule has 1 aromatic carbocycles. The summed E-state index contributed by atoms with van der Waals surface area (Å²) < 4.78 is 0. The van der Waals surface area contributed by atoms with Crippen LogP contribution in [0.2, 0.25) is 10.0 Å². The molecule has 0 bridgehead atoms. The van der Waals surface area contributed by atoms with Gasteiger partial charge in [-0.15, -0.1) is 0 Å². The van der Waals surface area contributed by atoms with Gasteiger partial charge in [0, 0.05) is 35.2 Å². The molecule has 0 amide bonds. The van der Waals surface area contributed by atoms with Crippen molar-refractivity contribution < 1.29 is 0 Å². The van der Waals surface area contributed by atoms with Gasteiger partial charge in [0.25, 0.3) is 0 Å². The first-order chi connectivity index (χ1) is 10.1. The lowest BCUT2D eigenvalue weighted by molar-refractivity contribution is 0.811. The van der Waals surface area contributed by atoms with E-state index in [2.05, 4.69) is 19.9 Å². The molecule has 2 aromatic rings. The number of hydrogen-bond donors (Lipinski definition) is 1. The minimum Gasteiger partial charge on any atom is -0.368 e. The molecule has 0 spiro atoms. The topological polar surface area (TPSA) is 67.9 Å². The minimum absolute atomic E-state index is 0.185. The second-order valence-corrected chi connectivity index (χ2v) is 6.61. The Balaban J connectivity index is 2.02. The Kier molecular flexibility index (Phi) is 4.37. The summed E-state index contributed by atoms with van der Waals surface area (Å²) in [6, 6.07) is 5.17. The number of nitrogen functional groups attached to an aromatic ring is 1. The maximum atomic E-state index is 6.20. The van der Waals surface area contributed by atoms with Crippen molar-refractivity contribution in [2.45, 2.75) is 0 Å². The SMILES string of the molecule is Nc1nc(-c2cc(Cl)ccc2Cl)nc(N2CCSCC2)n1. The molecule has 1 aliphatic rings. The number of benzene rings is 1. The summed E-state index contributed by atoms with van der Waals surface area (Å²) in [5, 5.41) is 1.11. The van der Waals surface area contributed by atoms with E-state index in [1.165, 1.54) is 0 Å². The van der Waals surface area contributed by atoms with E-state index >= 15 is 0 Å². The fraction of sp³-hybridized carbons (Fsp3) is 0.308. The molecule has 5 nitrogen and oxygen atoms in total. The van der Waals surface area contributed by atoms with Crippen LogP contribution in [0.5, 0.6) is 0 Å². The van der Waals surface area contributed by atoms with Gasteiger partial charge in [0.1, 0.15) is 0 Å². The Bertz CT molecular complexity index is 661. The molecule has 0 saturated carbocycles. The van der Waals surface area contributed by atoms with E-state index in [-0.39, 0.29) is 5.95 Å². The van der Waals surface area contributed by atoms with Crippen molar-refractivity contribution in [3.8, 4) is 11.4 Å². The molecule has 0 radical (unpaired) electrons. The molecule has 1 aliphatic heterocycles. The third-order valence-electron chi connectivity index (χ3n) is 3.10. The normalized spacial score (nSPS) is 15.2. The lowest BCUT2D eigenvalue weighted by atomic mass is 10.2. The minimum atomic E-state index is 0.185. The summed E-state index contributed by atoms with van der Waals surface area (Å²) in [4.78, 5) is 15.0. The van der Waals surface area contributed by atoms with Crippen LogP contribution in [0.3, 0.4) is 0 Å². The van der Waals surface area contributed by atoms with Crippen molar-refractivity contribution in [1.29, 1.82) is 0 Å². The Labute approximate surface area is 136 Å². The second-order valence-electron chi connectivity index (χ2n) is 4.54. The van der Waals surface area contributed by atoms with Crippen LogP contribution < -0.4 is 10.6 Å². The van der Waals surface area contributed by atoms with Gasteiger partial charge in [-0.05, 0) is 18.2 Å². The van der Waals surface area contributed by atoms with Gasteiger partial charge >= 0.3 is 0 Å². The summed E-state index contributed by atoms with van der Waals surface area (Å²) in [6.45, 7) is 1.80. The first-order valence-corrected chi connectivity index (χ1v) is 8.34. The fourth-order valence-electron chi connectivity index (χ4n) is 2.07. The first kappa shape index (κ1) is 14.7. The van der Waals surface area contributed by atoms with Crippen LogP contribution >= 0.6 is 35.0 Å². The van der Waals surface area contributed by atoms with Crippen molar-refractivity contribution in [2.24, 2.45) is 0 Å². The smallest absolute Gasteiger partial charge is 0.230 e. The number of nitrogens with two attached hydrogens (primary N) is 1. The van der Waals surface area contributed by atoms with Gasteiger partial charge in [0.05, 0.1) is 5.02 Å². The van der Waals surface area contributed by atoms with Crippen LogP contribution in [0, 0.1) is 0 Å². The average Bonchev–Trinajstić information content (AvgIpc) is 2.50. The van der Waals surface area contributed by atoms with E-state index < -0.39 is 0 Å². The van der Waals surface area contributed by atoms with E-state index in [0.29, 0.717) is 27.4 Å². The van der Waals surface area contributed by atoms with E-state index in [1.807, 2.05) is 11.8 Å². The quantitative estimate of drug-likeness (QED) is 0.905. The zero-order valence-electron chi connectivity index (χ0n) is 11.1. The van der Waals surface area contributed by atoms with Gasteiger partial charge in [-0.2, -0.15) is 26.7 Å². The van der Waals surface area contributed by atoms with Crippen molar-refractivity contribution in [3.05, 3.63) is 28.2 Å². The summed E-state index contributed by atoms with van der Waals surface area (Å²) in [7, 11) is 0. The predicted octanol–water partition coefficient (Wildman–Crippen LogP) is 2.98. The number of aromatic nitrogens is 3. The maximum absolute atomic E-state index is 6.20. The number of halogens is 2. The largest absolute Gasteiger partial charge is 0.368 e. The van der Waals surface area contributed by atoms with Gasteiger partial charge < -0.3 is 10.6 Å². The molecule has 3 rings (SSSR count). The summed E-state index contributed by atoms with van der Waals surface area (Å²) in [5.74, 6) is 3.33. The van der Waals surface area contributed by atoms with E-state index in [1.54, 1.807) is 18.2 Å². The Hall–Kier alpha value is -1.24. The molecule has 2 heterocycles. The van der Waals surface area contributed by atoms with Crippen molar-refractivity contribution in [3.63, 3.8) is 0 Å². The van der Waals surface area contributed by atoms with E-state index in [0.717, 1.165) is 24.6 Å². The van der Waals surface area contributed by atoms with Gasteiger partial charge in [0.2, 0.25) is 11.9 Å². The van der Waals surface area contributed by atoms with Gasteiger partial charge in [-0.1, -0.05) is 23.2 Å². The van der Waals surface area contributed by atoms with Crippen LogP contribution in [-0.2, 0) is 0 Å². The fourth-order valence-corrected chi connectivity index (χ4v) is 3.35. The molecule has 1 saturated heterocycles. The molecule has 1 fully saturated rings. The monoisotopic (exact) mass is 341 g/mol. The van der Waals surface area contributed by atoms with Gasteiger partial charge in [-0.3, -0.25) is 0 Å². The molecule has 8 heteroatoms. The average molecular weight is 342 g/mol. The number of rotatable bonds is 2. The van der Waals surface area contributed by atoms with Crippen molar-refractivity contribution in [1.82, 2.24) is 15.0 Å². The van der Waals surface area contributed by atoms with Gasteiger partial charge in [-0.25, -0.2) is 0 Å². The number of nitrogens with zero attached hydrogens (tertiary/aromatic N) is 4. The molecule has 1 aromatic heterocycles. The highest BCUT2D eigenvalue weighted by atomic mass is 35.5. The molecule has 0 aliphatic carbocycles. The first-order valence-electron chi connectivity index (χ1n) is 6.43. The Morgan fingerprint density at radius 3 is 2.62 bits per heavy atom. The molecule has 110 valence electrons. The van der Waals surface area contributed by atoms with Crippen LogP contribution in [-0.4, -0.2) is 39.5 Å². The molecule has 2 N–H and O–H groups in total. The summed E-state index contributed by atoms with van der Waals surface area (Å²) in [6.07, 6.45) is 0. The molecule has 0 atom stereocenters. The maximum Gasteiger partial charge on any atom is 0.230 e. The van der Waals surface area contributed by atoms with Crippen LogP contribution in [0.4, 0.5) is 11.9 Å². The van der Waals surface area contributed by atoms with E-state index in [9.17, 15) is 0 Å². The van der Waals surface area contributed by atoms with Crippen LogP contribution in [0.25, 0.3) is 11.4 Å². The Morgan fingerprint density at radius 1 is 1.10 bits per heavy atom. The lowest BCUT2D eigenvalue weighted by Gasteiger charge is -2.26. The highest BCUT2D eigenvalue weighted by molar-refractivity contribution is 7.99.